The number of benzene rings is 1. The van der Waals surface area contributed by atoms with E-state index in [-0.39, 0.29) is 5.43 Å². The fourth-order valence-corrected chi connectivity index (χ4v) is 2.30. The second kappa shape index (κ2) is 3.78. The highest BCUT2D eigenvalue weighted by atomic mass is 16.1. The van der Waals surface area contributed by atoms with Crippen LogP contribution in [0.15, 0.2) is 16.9 Å². The summed E-state index contributed by atoms with van der Waals surface area (Å²) in [5.41, 5.74) is 5.27. The number of H-pyrrole nitrogens is 1. The monoisotopic (exact) mass is 215 g/mol. The average Bonchev–Trinajstić information content (AvgIpc) is 2.22. The molecule has 2 aromatic rings. The van der Waals surface area contributed by atoms with Gasteiger partial charge in [0.2, 0.25) is 0 Å². The Morgan fingerprint density at radius 1 is 1.19 bits per heavy atom. The van der Waals surface area contributed by atoms with Gasteiger partial charge in [0.1, 0.15) is 0 Å². The molecule has 1 N–H and O–H groups in total. The van der Waals surface area contributed by atoms with Gasteiger partial charge in [-0.05, 0) is 44.4 Å². The van der Waals surface area contributed by atoms with Crippen LogP contribution in [0.25, 0.3) is 10.9 Å². The van der Waals surface area contributed by atoms with Crippen molar-refractivity contribution in [2.24, 2.45) is 0 Å². The van der Waals surface area contributed by atoms with Gasteiger partial charge in [0.05, 0.1) is 5.52 Å². The quantitative estimate of drug-likeness (QED) is 0.779. The Balaban J connectivity index is 2.99. The SMILES string of the molecule is CCc1[nH]c2cc(C)cc(C)c2c(=O)c1C. The number of hydrogen-bond acceptors (Lipinski definition) is 1. The first kappa shape index (κ1) is 10.9. The summed E-state index contributed by atoms with van der Waals surface area (Å²) in [7, 11) is 0. The number of fused-ring (bicyclic) bond motifs is 1. The fourth-order valence-electron chi connectivity index (χ4n) is 2.30. The minimum atomic E-state index is 0.170. The molecule has 0 unspecified atom stereocenters. The predicted octanol–water partition coefficient (Wildman–Crippen LogP) is 3.02. The van der Waals surface area contributed by atoms with E-state index in [2.05, 4.69) is 24.9 Å². The van der Waals surface area contributed by atoms with Gasteiger partial charge in [-0.1, -0.05) is 13.0 Å². The molecule has 1 aromatic carbocycles. The summed E-state index contributed by atoms with van der Waals surface area (Å²) >= 11 is 0. The molecule has 0 amide bonds. The van der Waals surface area contributed by atoms with Gasteiger partial charge in [-0.25, -0.2) is 0 Å². The molecule has 0 aliphatic carbocycles. The first-order valence-electron chi connectivity index (χ1n) is 5.67. The van der Waals surface area contributed by atoms with Crippen LogP contribution >= 0.6 is 0 Å². The van der Waals surface area contributed by atoms with E-state index >= 15 is 0 Å². The predicted molar refractivity (Wildman–Crippen MR) is 68.2 cm³/mol. The lowest BCUT2D eigenvalue weighted by molar-refractivity contribution is 1.02. The molecule has 2 nitrogen and oxygen atoms in total. The van der Waals surface area contributed by atoms with E-state index in [1.165, 1.54) is 5.56 Å². The van der Waals surface area contributed by atoms with Crippen molar-refractivity contribution in [2.75, 3.05) is 0 Å². The zero-order valence-corrected chi connectivity index (χ0v) is 10.3. The molecule has 0 aliphatic heterocycles. The number of aromatic amines is 1. The molecule has 0 bridgehead atoms. The first-order valence-corrected chi connectivity index (χ1v) is 5.67. The number of rotatable bonds is 1. The summed E-state index contributed by atoms with van der Waals surface area (Å²) in [4.78, 5) is 15.6. The molecule has 2 rings (SSSR count). The number of aryl methyl sites for hydroxylation is 3. The van der Waals surface area contributed by atoms with Crippen LogP contribution in [0.4, 0.5) is 0 Å². The molecule has 16 heavy (non-hydrogen) atoms. The highest BCUT2D eigenvalue weighted by Gasteiger charge is 2.09. The number of pyridine rings is 1. The minimum absolute atomic E-state index is 0.170. The van der Waals surface area contributed by atoms with Gasteiger partial charge in [-0.15, -0.1) is 0 Å². The first-order chi connectivity index (χ1) is 7.54. The van der Waals surface area contributed by atoms with Crippen LogP contribution < -0.4 is 5.43 Å². The number of nitrogens with one attached hydrogen (secondary N) is 1. The van der Waals surface area contributed by atoms with Crippen LogP contribution in [0.1, 0.15) is 29.3 Å². The van der Waals surface area contributed by atoms with Gasteiger partial charge in [-0.2, -0.15) is 0 Å². The van der Waals surface area contributed by atoms with E-state index < -0.39 is 0 Å². The summed E-state index contributed by atoms with van der Waals surface area (Å²) in [5.74, 6) is 0. The average molecular weight is 215 g/mol. The van der Waals surface area contributed by atoms with E-state index in [0.29, 0.717) is 0 Å². The van der Waals surface area contributed by atoms with Crippen molar-refractivity contribution in [2.45, 2.75) is 34.1 Å². The van der Waals surface area contributed by atoms with E-state index in [4.69, 9.17) is 0 Å². The lowest BCUT2D eigenvalue weighted by Crippen LogP contribution is -2.12. The molecule has 1 heterocycles. The normalized spacial score (nSPS) is 11.0. The molecule has 0 saturated heterocycles. The largest absolute Gasteiger partial charge is 0.358 e. The molecule has 1 aromatic heterocycles. The second-order valence-electron chi connectivity index (χ2n) is 4.42. The van der Waals surface area contributed by atoms with Gasteiger partial charge in [0.15, 0.2) is 5.43 Å². The van der Waals surface area contributed by atoms with Crippen molar-refractivity contribution in [3.63, 3.8) is 0 Å². The van der Waals surface area contributed by atoms with Crippen molar-refractivity contribution in [1.82, 2.24) is 4.98 Å². The van der Waals surface area contributed by atoms with Crippen molar-refractivity contribution < 1.29 is 0 Å². The van der Waals surface area contributed by atoms with E-state index in [1.54, 1.807) is 0 Å². The van der Waals surface area contributed by atoms with E-state index in [9.17, 15) is 4.79 Å². The number of aromatic nitrogens is 1. The third kappa shape index (κ3) is 1.54. The maximum atomic E-state index is 12.2. The van der Waals surface area contributed by atoms with Crippen LogP contribution in [0.2, 0.25) is 0 Å². The van der Waals surface area contributed by atoms with Crippen LogP contribution in [0.5, 0.6) is 0 Å². The molecule has 2 heteroatoms. The van der Waals surface area contributed by atoms with Crippen LogP contribution in [0.3, 0.4) is 0 Å². The summed E-state index contributed by atoms with van der Waals surface area (Å²) in [6.07, 6.45) is 0.865. The number of hydrogen-bond donors (Lipinski definition) is 1. The molecule has 0 radical (unpaired) electrons. The fraction of sp³-hybridized carbons (Fsp3) is 0.357. The summed E-state index contributed by atoms with van der Waals surface area (Å²) < 4.78 is 0. The van der Waals surface area contributed by atoms with Crippen molar-refractivity contribution in [3.05, 3.63) is 44.7 Å². The maximum absolute atomic E-state index is 12.2. The van der Waals surface area contributed by atoms with Gasteiger partial charge < -0.3 is 4.98 Å². The third-order valence-corrected chi connectivity index (χ3v) is 3.14. The third-order valence-electron chi connectivity index (χ3n) is 3.14. The molecule has 0 aliphatic rings. The molecule has 0 fully saturated rings. The second-order valence-corrected chi connectivity index (χ2v) is 4.42. The van der Waals surface area contributed by atoms with Crippen LogP contribution in [-0.4, -0.2) is 4.98 Å². The molecule has 0 saturated carbocycles. The lowest BCUT2D eigenvalue weighted by Gasteiger charge is -2.09. The standard InChI is InChI=1S/C14H17NO/c1-5-11-10(4)14(16)13-9(3)6-8(2)7-12(13)15-11/h6-7H,5H2,1-4H3,(H,15,16). The van der Waals surface area contributed by atoms with Crippen molar-refractivity contribution in [1.29, 1.82) is 0 Å². The Hall–Kier alpha value is -1.57. The highest BCUT2D eigenvalue weighted by Crippen LogP contribution is 2.17. The summed E-state index contributed by atoms with van der Waals surface area (Å²) in [5, 5.41) is 0.834. The molecular formula is C14H17NO. The van der Waals surface area contributed by atoms with Gasteiger partial charge in [0.25, 0.3) is 0 Å². The van der Waals surface area contributed by atoms with Gasteiger partial charge in [0, 0.05) is 16.6 Å². The molecule has 0 spiro atoms. The Labute approximate surface area is 95.3 Å². The van der Waals surface area contributed by atoms with Gasteiger partial charge in [-0.3, -0.25) is 4.79 Å². The van der Waals surface area contributed by atoms with Gasteiger partial charge >= 0.3 is 0 Å². The minimum Gasteiger partial charge on any atom is -0.358 e. The van der Waals surface area contributed by atoms with Crippen LogP contribution in [0, 0.1) is 20.8 Å². The lowest BCUT2D eigenvalue weighted by atomic mass is 10.0. The van der Waals surface area contributed by atoms with Crippen molar-refractivity contribution in [3.8, 4) is 0 Å². The zero-order chi connectivity index (χ0) is 11.9. The van der Waals surface area contributed by atoms with Crippen LogP contribution in [-0.2, 0) is 6.42 Å². The smallest absolute Gasteiger partial charge is 0.192 e. The molecular weight excluding hydrogens is 198 g/mol. The van der Waals surface area contributed by atoms with E-state index in [1.807, 2.05) is 19.9 Å². The Bertz CT molecular complexity index is 608. The maximum Gasteiger partial charge on any atom is 0.192 e. The summed E-state index contributed by atoms with van der Waals surface area (Å²) in [6, 6.07) is 4.10. The summed E-state index contributed by atoms with van der Waals surface area (Å²) in [6.45, 7) is 8.01. The van der Waals surface area contributed by atoms with Crippen molar-refractivity contribution >= 4 is 10.9 Å². The topological polar surface area (TPSA) is 32.9 Å². The highest BCUT2D eigenvalue weighted by molar-refractivity contribution is 5.83. The Morgan fingerprint density at radius 3 is 2.50 bits per heavy atom. The Morgan fingerprint density at radius 2 is 1.88 bits per heavy atom. The molecule has 84 valence electrons. The zero-order valence-electron chi connectivity index (χ0n) is 10.3. The Kier molecular flexibility index (Phi) is 2.58. The van der Waals surface area contributed by atoms with E-state index in [0.717, 1.165) is 34.1 Å². The molecule has 0 atom stereocenters.